The maximum Gasteiger partial charge on any atom is 0.255 e. The van der Waals surface area contributed by atoms with E-state index in [-0.39, 0.29) is 12.4 Å². The van der Waals surface area contributed by atoms with Crippen LogP contribution in [0.3, 0.4) is 0 Å². The molecule has 0 spiro atoms. The monoisotopic (exact) mass is 283 g/mol. The van der Waals surface area contributed by atoms with Crippen LogP contribution in [-0.4, -0.2) is 14.8 Å². The second kappa shape index (κ2) is 5.75. The summed E-state index contributed by atoms with van der Waals surface area (Å²) in [6.07, 6.45) is 1.39. The zero-order valence-electron chi connectivity index (χ0n) is 11.5. The Morgan fingerprint density at radius 3 is 2.71 bits per heavy atom. The molecule has 3 aromatic rings. The Bertz CT molecular complexity index is 740. The largest absolute Gasteiger partial charge is 0.482 e. The molecule has 0 radical (unpaired) electrons. The molecule has 0 N–H and O–H groups in total. The third-order valence-corrected chi connectivity index (χ3v) is 3.01. The predicted octanol–water partition coefficient (Wildman–Crippen LogP) is 3.29. The highest BCUT2D eigenvalue weighted by molar-refractivity contribution is 5.33. The number of aromatic nitrogens is 3. The Labute approximate surface area is 121 Å². The van der Waals surface area contributed by atoms with Crippen molar-refractivity contribution in [3.63, 3.8) is 0 Å². The fraction of sp³-hybridized carbons (Fsp3) is 0.125. The zero-order chi connectivity index (χ0) is 14.7. The molecule has 2 aromatic heterocycles. The number of aryl methyl sites for hydroxylation is 1. The van der Waals surface area contributed by atoms with Gasteiger partial charge < -0.3 is 4.74 Å². The number of nitrogens with zero attached hydrogens (tertiary/aromatic N) is 3. The van der Waals surface area contributed by atoms with Crippen molar-refractivity contribution in [1.29, 1.82) is 0 Å². The van der Waals surface area contributed by atoms with Crippen LogP contribution in [0.1, 0.15) is 11.4 Å². The quantitative estimate of drug-likeness (QED) is 0.690. The lowest BCUT2D eigenvalue weighted by molar-refractivity contribution is 0.278. The highest BCUT2D eigenvalue weighted by atomic mass is 19.1. The van der Waals surface area contributed by atoms with E-state index in [9.17, 15) is 4.39 Å². The van der Waals surface area contributed by atoms with Gasteiger partial charge in [-0.1, -0.05) is 18.2 Å². The minimum atomic E-state index is -0.611. The molecule has 2 heterocycles. The molecule has 0 aliphatic carbocycles. The van der Waals surface area contributed by atoms with Crippen LogP contribution in [0.25, 0.3) is 5.69 Å². The van der Waals surface area contributed by atoms with Gasteiger partial charge in [0, 0.05) is 6.20 Å². The Morgan fingerprint density at radius 2 is 1.95 bits per heavy atom. The first-order valence-electron chi connectivity index (χ1n) is 6.58. The molecule has 5 heteroatoms. The van der Waals surface area contributed by atoms with Gasteiger partial charge in [-0.3, -0.25) is 0 Å². The minimum absolute atomic E-state index is 0.135. The fourth-order valence-electron chi connectivity index (χ4n) is 2.08. The summed E-state index contributed by atoms with van der Waals surface area (Å²) in [5.41, 5.74) is 2.67. The van der Waals surface area contributed by atoms with E-state index in [4.69, 9.17) is 4.74 Å². The Morgan fingerprint density at radius 1 is 1.14 bits per heavy atom. The fourth-order valence-corrected chi connectivity index (χ4v) is 2.08. The van der Waals surface area contributed by atoms with Gasteiger partial charge in [0.15, 0.2) is 5.75 Å². The van der Waals surface area contributed by atoms with Crippen molar-refractivity contribution in [2.75, 3.05) is 0 Å². The predicted molar refractivity (Wildman–Crippen MR) is 76.8 cm³/mol. The van der Waals surface area contributed by atoms with Gasteiger partial charge in [0.25, 0.3) is 5.95 Å². The third-order valence-electron chi connectivity index (χ3n) is 3.01. The van der Waals surface area contributed by atoms with Crippen LogP contribution in [0.5, 0.6) is 5.75 Å². The molecule has 4 nitrogen and oxygen atoms in total. The topological polar surface area (TPSA) is 39.9 Å². The Balaban J connectivity index is 1.85. The molecule has 0 bridgehead atoms. The molecule has 3 rings (SSSR count). The van der Waals surface area contributed by atoms with Crippen LogP contribution in [-0.2, 0) is 6.61 Å². The molecule has 0 unspecified atom stereocenters. The number of halogens is 1. The SMILES string of the molecule is Cc1cc(COc2cccnc2F)n(-c2ccccc2)n1. The van der Waals surface area contributed by atoms with E-state index in [0.717, 1.165) is 17.1 Å². The first kappa shape index (κ1) is 13.3. The van der Waals surface area contributed by atoms with Gasteiger partial charge in [0.05, 0.1) is 17.1 Å². The van der Waals surface area contributed by atoms with Crippen LogP contribution < -0.4 is 4.74 Å². The van der Waals surface area contributed by atoms with Crippen molar-refractivity contribution < 1.29 is 9.13 Å². The maximum atomic E-state index is 13.5. The summed E-state index contributed by atoms with van der Waals surface area (Å²) in [6.45, 7) is 2.13. The highest BCUT2D eigenvalue weighted by Crippen LogP contribution is 2.17. The molecule has 0 aliphatic rings. The number of para-hydroxylation sites is 1. The van der Waals surface area contributed by atoms with Gasteiger partial charge in [-0.25, -0.2) is 9.67 Å². The molecule has 1 aromatic carbocycles. The lowest BCUT2D eigenvalue weighted by Gasteiger charge is -2.09. The first-order chi connectivity index (χ1) is 10.2. The number of hydrogen-bond acceptors (Lipinski definition) is 3. The summed E-state index contributed by atoms with van der Waals surface area (Å²) in [6, 6.07) is 14.9. The molecule has 0 saturated heterocycles. The van der Waals surface area contributed by atoms with E-state index in [1.807, 2.05) is 43.3 Å². The second-order valence-corrected chi connectivity index (χ2v) is 4.61. The number of hydrogen-bond donors (Lipinski definition) is 0. The molecule has 0 amide bonds. The lowest BCUT2D eigenvalue weighted by atomic mass is 10.3. The molecule has 21 heavy (non-hydrogen) atoms. The summed E-state index contributed by atoms with van der Waals surface area (Å²) in [4.78, 5) is 3.56. The number of pyridine rings is 1. The van der Waals surface area contributed by atoms with Gasteiger partial charge in [0.1, 0.15) is 6.61 Å². The summed E-state index contributed by atoms with van der Waals surface area (Å²) >= 11 is 0. The zero-order valence-corrected chi connectivity index (χ0v) is 11.5. The average molecular weight is 283 g/mol. The number of benzene rings is 1. The van der Waals surface area contributed by atoms with E-state index >= 15 is 0 Å². The van der Waals surface area contributed by atoms with Crippen molar-refractivity contribution in [3.8, 4) is 11.4 Å². The molecular formula is C16H14FN3O. The minimum Gasteiger partial charge on any atom is -0.482 e. The van der Waals surface area contributed by atoms with Gasteiger partial charge in [-0.15, -0.1) is 0 Å². The van der Waals surface area contributed by atoms with Crippen molar-refractivity contribution in [2.45, 2.75) is 13.5 Å². The normalized spacial score (nSPS) is 10.6. The smallest absolute Gasteiger partial charge is 0.255 e. The Hall–Kier alpha value is -2.69. The van der Waals surface area contributed by atoms with E-state index < -0.39 is 5.95 Å². The molecule has 0 saturated carbocycles. The second-order valence-electron chi connectivity index (χ2n) is 4.61. The van der Waals surface area contributed by atoms with Crippen molar-refractivity contribution >= 4 is 0 Å². The van der Waals surface area contributed by atoms with E-state index in [0.29, 0.717) is 0 Å². The van der Waals surface area contributed by atoms with Crippen LogP contribution >= 0.6 is 0 Å². The van der Waals surface area contributed by atoms with E-state index in [1.165, 1.54) is 6.20 Å². The van der Waals surface area contributed by atoms with Crippen LogP contribution in [0.15, 0.2) is 54.7 Å². The van der Waals surface area contributed by atoms with Gasteiger partial charge in [-0.05, 0) is 37.3 Å². The van der Waals surface area contributed by atoms with Crippen molar-refractivity contribution in [3.05, 3.63) is 72.1 Å². The van der Waals surface area contributed by atoms with Gasteiger partial charge in [0.2, 0.25) is 0 Å². The first-order valence-corrected chi connectivity index (χ1v) is 6.58. The molecule has 0 fully saturated rings. The third kappa shape index (κ3) is 2.91. The van der Waals surface area contributed by atoms with Gasteiger partial charge >= 0.3 is 0 Å². The van der Waals surface area contributed by atoms with E-state index in [1.54, 1.807) is 16.8 Å². The summed E-state index contributed by atoms with van der Waals surface area (Å²) in [7, 11) is 0. The Kier molecular flexibility index (Phi) is 3.64. The summed E-state index contributed by atoms with van der Waals surface area (Å²) in [5, 5.41) is 4.44. The highest BCUT2D eigenvalue weighted by Gasteiger charge is 2.10. The van der Waals surface area contributed by atoms with Crippen LogP contribution in [0, 0.1) is 12.9 Å². The molecular weight excluding hydrogens is 269 g/mol. The van der Waals surface area contributed by atoms with Crippen molar-refractivity contribution in [2.24, 2.45) is 0 Å². The van der Waals surface area contributed by atoms with Crippen LogP contribution in [0.4, 0.5) is 4.39 Å². The average Bonchev–Trinajstić information content (AvgIpc) is 2.88. The number of rotatable bonds is 4. The number of ether oxygens (including phenoxy) is 1. The lowest BCUT2D eigenvalue weighted by Crippen LogP contribution is -2.06. The van der Waals surface area contributed by atoms with Crippen molar-refractivity contribution in [1.82, 2.24) is 14.8 Å². The van der Waals surface area contributed by atoms with Crippen LogP contribution in [0.2, 0.25) is 0 Å². The molecule has 106 valence electrons. The maximum absolute atomic E-state index is 13.5. The summed E-state index contributed by atoms with van der Waals surface area (Å²) in [5.74, 6) is -0.476. The van der Waals surface area contributed by atoms with E-state index in [2.05, 4.69) is 10.1 Å². The molecule has 0 atom stereocenters. The van der Waals surface area contributed by atoms with Gasteiger partial charge in [-0.2, -0.15) is 9.49 Å². The standard InChI is InChI=1S/C16H14FN3O/c1-12-10-14(11-21-15-8-5-9-18-16(15)17)20(19-12)13-6-3-2-4-7-13/h2-10H,11H2,1H3. The molecule has 0 aliphatic heterocycles. The summed E-state index contributed by atoms with van der Waals surface area (Å²) < 4.78 is 20.8.